The van der Waals surface area contributed by atoms with Gasteiger partial charge in [-0.05, 0) is 30.2 Å². The molecule has 1 unspecified atom stereocenters. The van der Waals surface area contributed by atoms with Crippen molar-refractivity contribution < 1.29 is 23.8 Å². The lowest BCUT2D eigenvalue weighted by Crippen LogP contribution is -2.23. The van der Waals surface area contributed by atoms with E-state index >= 15 is 0 Å². The molecule has 5 nitrogen and oxygen atoms in total. The van der Waals surface area contributed by atoms with Crippen molar-refractivity contribution in [2.75, 3.05) is 18.5 Å². The van der Waals surface area contributed by atoms with Crippen molar-refractivity contribution in [2.45, 2.75) is 6.42 Å². The average Bonchev–Trinajstić information content (AvgIpc) is 2.93. The van der Waals surface area contributed by atoms with Crippen molar-refractivity contribution in [3.8, 4) is 0 Å². The Morgan fingerprint density at radius 1 is 1.45 bits per heavy atom. The lowest BCUT2D eigenvalue weighted by molar-refractivity contribution is -0.131. The van der Waals surface area contributed by atoms with Gasteiger partial charge in [-0.2, -0.15) is 0 Å². The number of ether oxygens (including phenoxy) is 1. The van der Waals surface area contributed by atoms with Crippen molar-refractivity contribution in [1.82, 2.24) is 0 Å². The molecule has 1 heterocycles. The molecule has 106 valence electrons. The Bertz CT molecular complexity index is 550. The normalized spacial score (nSPS) is 18.4. The predicted octanol–water partition coefficient (Wildman–Crippen LogP) is 1.90. The van der Waals surface area contributed by atoms with Crippen LogP contribution in [0.15, 0.2) is 24.3 Å². The number of rotatable bonds is 4. The summed E-state index contributed by atoms with van der Waals surface area (Å²) in [4.78, 5) is 22.2. The van der Waals surface area contributed by atoms with Crippen LogP contribution < -0.4 is 5.32 Å². The minimum atomic E-state index is -1.11. The third-order valence-corrected chi connectivity index (χ3v) is 2.97. The number of hydrogen-bond donors (Lipinski definition) is 2. The van der Waals surface area contributed by atoms with Gasteiger partial charge in [0.05, 0.1) is 18.2 Å². The molecule has 0 radical (unpaired) electrons. The van der Waals surface area contributed by atoms with Crippen LogP contribution in [0.3, 0.4) is 0 Å². The Hall–Kier alpha value is -2.21. The molecule has 6 heteroatoms. The zero-order chi connectivity index (χ0) is 14.5. The largest absolute Gasteiger partial charge is 0.478 e. The van der Waals surface area contributed by atoms with Crippen LogP contribution in [0.4, 0.5) is 10.1 Å². The molecular formula is C14H14FNO4. The molecule has 0 spiro atoms. The number of carbonyl (C=O) groups is 2. The maximum Gasteiger partial charge on any atom is 0.328 e. The monoisotopic (exact) mass is 279 g/mol. The van der Waals surface area contributed by atoms with Crippen LogP contribution >= 0.6 is 0 Å². The summed E-state index contributed by atoms with van der Waals surface area (Å²) < 4.78 is 18.9. The zero-order valence-corrected chi connectivity index (χ0v) is 10.6. The molecule has 0 aliphatic carbocycles. The SMILES string of the molecule is O=C(O)C=Cc1ccc(NC(=O)C2CCOC2)c(F)c1. The van der Waals surface area contributed by atoms with Gasteiger partial charge in [-0.1, -0.05) is 6.07 Å². The second kappa shape index (κ2) is 6.29. The van der Waals surface area contributed by atoms with E-state index < -0.39 is 11.8 Å². The summed E-state index contributed by atoms with van der Waals surface area (Å²) in [5.41, 5.74) is 0.487. The molecule has 0 saturated carbocycles. The Morgan fingerprint density at radius 2 is 2.25 bits per heavy atom. The fraction of sp³-hybridized carbons (Fsp3) is 0.286. The topological polar surface area (TPSA) is 75.6 Å². The summed E-state index contributed by atoms with van der Waals surface area (Å²) >= 11 is 0. The molecule has 20 heavy (non-hydrogen) atoms. The highest BCUT2D eigenvalue weighted by molar-refractivity contribution is 5.93. The molecule has 0 bridgehead atoms. The first kappa shape index (κ1) is 14.2. The summed E-state index contributed by atoms with van der Waals surface area (Å²) in [6.45, 7) is 0.895. The summed E-state index contributed by atoms with van der Waals surface area (Å²) in [5, 5.41) is 11.0. The second-order valence-corrected chi connectivity index (χ2v) is 4.46. The molecule has 1 saturated heterocycles. The number of aliphatic carboxylic acids is 1. The van der Waals surface area contributed by atoms with E-state index in [1.54, 1.807) is 0 Å². The van der Waals surface area contributed by atoms with E-state index in [4.69, 9.17) is 9.84 Å². The van der Waals surface area contributed by atoms with E-state index in [1.165, 1.54) is 24.3 Å². The lowest BCUT2D eigenvalue weighted by atomic mass is 10.1. The van der Waals surface area contributed by atoms with Crippen LogP contribution in [-0.4, -0.2) is 30.2 Å². The number of carbonyl (C=O) groups excluding carboxylic acids is 1. The highest BCUT2D eigenvalue weighted by Gasteiger charge is 2.24. The van der Waals surface area contributed by atoms with Crippen LogP contribution in [0.1, 0.15) is 12.0 Å². The van der Waals surface area contributed by atoms with E-state index in [0.29, 0.717) is 25.2 Å². The zero-order valence-electron chi connectivity index (χ0n) is 10.6. The standard InChI is InChI=1S/C14H14FNO4/c15-11-7-9(2-4-13(17)18)1-3-12(11)16-14(19)10-5-6-20-8-10/h1-4,7,10H,5-6,8H2,(H,16,19)(H,17,18). The van der Waals surface area contributed by atoms with Crippen LogP contribution in [0.2, 0.25) is 0 Å². The molecule has 1 aliphatic heterocycles. The quantitative estimate of drug-likeness (QED) is 0.825. The maximum absolute atomic E-state index is 13.8. The van der Waals surface area contributed by atoms with Gasteiger partial charge in [-0.25, -0.2) is 9.18 Å². The number of halogens is 1. The van der Waals surface area contributed by atoms with Crippen molar-refractivity contribution in [2.24, 2.45) is 5.92 Å². The molecule has 0 aromatic heterocycles. The van der Waals surface area contributed by atoms with Gasteiger partial charge in [0.2, 0.25) is 5.91 Å². The molecule has 1 amide bonds. The van der Waals surface area contributed by atoms with Gasteiger partial charge in [0.25, 0.3) is 0 Å². The summed E-state index contributed by atoms with van der Waals surface area (Å²) in [7, 11) is 0. The van der Waals surface area contributed by atoms with Crippen molar-refractivity contribution in [1.29, 1.82) is 0 Å². The predicted molar refractivity (Wildman–Crippen MR) is 70.6 cm³/mol. The summed E-state index contributed by atoms with van der Waals surface area (Å²) in [6.07, 6.45) is 2.83. The highest BCUT2D eigenvalue weighted by atomic mass is 19.1. The molecule has 1 atom stereocenters. The Morgan fingerprint density at radius 3 is 2.85 bits per heavy atom. The van der Waals surface area contributed by atoms with Gasteiger partial charge in [0.1, 0.15) is 5.82 Å². The number of amides is 1. The highest BCUT2D eigenvalue weighted by Crippen LogP contribution is 2.20. The van der Waals surface area contributed by atoms with Crippen LogP contribution in [0.25, 0.3) is 6.08 Å². The van der Waals surface area contributed by atoms with Crippen molar-refractivity contribution in [3.05, 3.63) is 35.7 Å². The average molecular weight is 279 g/mol. The molecule has 2 N–H and O–H groups in total. The third kappa shape index (κ3) is 3.64. The van der Waals surface area contributed by atoms with Crippen LogP contribution in [0, 0.1) is 11.7 Å². The molecule has 1 aromatic carbocycles. The van der Waals surface area contributed by atoms with E-state index in [-0.39, 0.29) is 17.5 Å². The number of hydrogen-bond acceptors (Lipinski definition) is 3. The first-order valence-electron chi connectivity index (χ1n) is 6.15. The Balaban J connectivity index is 2.05. The van der Waals surface area contributed by atoms with Gasteiger partial charge < -0.3 is 15.2 Å². The first-order chi connectivity index (χ1) is 9.56. The van der Waals surface area contributed by atoms with Crippen LogP contribution in [0.5, 0.6) is 0 Å². The third-order valence-electron chi connectivity index (χ3n) is 2.97. The molecular weight excluding hydrogens is 265 g/mol. The molecule has 1 fully saturated rings. The number of anilines is 1. The lowest BCUT2D eigenvalue weighted by Gasteiger charge is -2.10. The molecule has 1 aliphatic rings. The molecule has 2 rings (SSSR count). The van der Waals surface area contributed by atoms with E-state index in [2.05, 4.69) is 5.32 Å². The number of nitrogens with one attached hydrogen (secondary N) is 1. The fourth-order valence-corrected chi connectivity index (χ4v) is 1.88. The van der Waals surface area contributed by atoms with Gasteiger partial charge in [-0.15, -0.1) is 0 Å². The van der Waals surface area contributed by atoms with Crippen molar-refractivity contribution >= 4 is 23.6 Å². The Kier molecular flexibility index (Phi) is 4.47. The smallest absolute Gasteiger partial charge is 0.328 e. The van der Waals surface area contributed by atoms with Crippen molar-refractivity contribution in [3.63, 3.8) is 0 Å². The fourth-order valence-electron chi connectivity index (χ4n) is 1.88. The first-order valence-corrected chi connectivity index (χ1v) is 6.15. The van der Waals surface area contributed by atoms with E-state index in [0.717, 1.165) is 6.08 Å². The summed E-state index contributed by atoms with van der Waals surface area (Å²) in [6, 6.07) is 4.11. The minimum absolute atomic E-state index is 0.0781. The van der Waals surface area contributed by atoms with Crippen LogP contribution in [-0.2, 0) is 14.3 Å². The number of carboxylic acids is 1. The van der Waals surface area contributed by atoms with Gasteiger partial charge >= 0.3 is 5.97 Å². The number of carboxylic acid groups (broad SMARTS) is 1. The maximum atomic E-state index is 13.8. The Labute approximate surface area is 115 Å². The second-order valence-electron chi connectivity index (χ2n) is 4.46. The number of benzene rings is 1. The van der Waals surface area contributed by atoms with Gasteiger partial charge in [0, 0.05) is 12.7 Å². The van der Waals surface area contributed by atoms with Gasteiger partial charge in [0.15, 0.2) is 0 Å². The minimum Gasteiger partial charge on any atom is -0.478 e. The summed E-state index contributed by atoms with van der Waals surface area (Å²) in [5.74, 6) is -2.23. The van der Waals surface area contributed by atoms with Gasteiger partial charge in [-0.3, -0.25) is 4.79 Å². The molecule has 1 aromatic rings. The van der Waals surface area contributed by atoms with E-state index in [1.807, 2.05) is 0 Å². The van der Waals surface area contributed by atoms with E-state index in [9.17, 15) is 14.0 Å².